The highest BCUT2D eigenvalue weighted by Gasteiger charge is 2.65. The molecule has 0 unspecified atom stereocenters. The van der Waals surface area contributed by atoms with Crippen molar-refractivity contribution in [2.45, 2.75) is 20.8 Å². The fourth-order valence-corrected chi connectivity index (χ4v) is 3.58. The number of rotatable bonds is 0. The molecule has 2 heteroatoms. The Morgan fingerprint density at radius 1 is 1.12 bits per heavy atom. The van der Waals surface area contributed by atoms with Gasteiger partial charge in [-0.2, -0.15) is 0 Å². The first kappa shape index (κ1) is 10.0. The lowest BCUT2D eigenvalue weighted by atomic mass is 9.43. The quantitative estimate of drug-likeness (QED) is 0.459. The van der Waals surface area contributed by atoms with Gasteiger partial charge in [-0.1, -0.05) is 45.1 Å². The van der Waals surface area contributed by atoms with E-state index in [4.69, 9.17) is 0 Å². The maximum absolute atomic E-state index is 12.3. The monoisotopic (exact) mass is 216 g/mol. The number of Topliss-reactive ketones (excluding diaryl/α,β-unsaturated/α-hetero) is 2. The lowest BCUT2D eigenvalue weighted by Gasteiger charge is -2.58. The molecule has 1 fully saturated rings. The van der Waals surface area contributed by atoms with Crippen LogP contribution in [0.4, 0.5) is 0 Å². The maximum atomic E-state index is 12.3. The smallest absolute Gasteiger partial charge is 0.210 e. The normalized spacial score (nSPS) is 44.6. The standard InChI is InChI=1S/C14H16O2/c1-13(2,3)14-7-6-9(11(15)12(14)16)8-4-5-10(8)14/h4-10H,1-3H3/t8-,9+,10+,14+/m0/s1. The second kappa shape index (κ2) is 2.55. The van der Waals surface area contributed by atoms with Gasteiger partial charge in [-0.3, -0.25) is 9.59 Å². The molecule has 4 aliphatic carbocycles. The summed E-state index contributed by atoms with van der Waals surface area (Å²) in [6, 6.07) is 0. The predicted molar refractivity (Wildman–Crippen MR) is 60.7 cm³/mol. The van der Waals surface area contributed by atoms with E-state index in [-0.39, 0.29) is 34.7 Å². The van der Waals surface area contributed by atoms with E-state index in [9.17, 15) is 9.59 Å². The molecule has 1 saturated carbocycles. The van der Waals surface area contributed by atoms with Gasteiger partial charge in [0.15, 0.2) is 0 Å². The van der Waals surface area contributed by atoms with E-state index in [1.165, 1.54) is 0 Å². The summed E-state index contributed by atoms with van der Waals surface area (Å²) in [5.41, 5.74) is -0.784. The third-order valence-electron chi connectivity index (χ3n) is 4.61. The van der Waals surface area contributed by atoms with Crippen molar-refractivity contribution in [1.82, 2.24) is 0 Å². The van der Waals surface area contributed by atoms with Gasteiger partial charge in [0, 0.05) is 5.92 Å². The van der Waals surface area contributed by atoms with E-state index < -0.39 is 5.41 Å². The Balaban J connectivity index is 2.25. The van der Waals surface area contributed by atoms with Gasteiger partial charge in [0.2, 0.25) is 11.6 Å². The molecule has 0 radical (unpaired) electrons. The average Bonchev–Trinajstić information content (AvgIpc) is 2.12. The van der Waals surface area contributed by atoms with Crippen LogP contribution in [0, 0.1) is 28.6 Å². The van der Waals surface area contributed by atoms with Gasteiger partial charge in [-0.25, -0.2) is 0 Å². The Morgan fingerprint density at radius 2 is 1.81 bits per heavy atom. The molecule has 0 aliphatic heterocycles. The second-order valence-electron chi connectivity index (χ2n) is 6.19. The molecular formula is C14H16O2. The molecule has 4 atom stereocenters. The molecule has 0 N–H and O–H groups in total. The summed E-state index contributed by atoms with van der Waals surface area (Å²) in [6.07, 6.45) is 8.16. The third-order valence-corrected chi connectivity index (χ3v) is 4.61. The van der Waals surface area contributed by atoms with Crippen LogP contribution in [0.2, 0.25) is 0 Å². The number of allylic oxidation sites excluding steroid dienone is 4. The molecule has 0 amide bonds. The van der Waals surface area contributed by atoms with E-state index in [2.05, 4.69) is 32.9 Å². The molecule has 2 bridgehead atoms. The van der Waals surface area contributed by atoms with E-state index in [0.717, 1.165) is 0 Å². The zero-order valence-corrected chi connectivity index (χ0v) is 9.86. The fraction of sp³-hybridized carbons (Fsp3) is 0.571. The molecule has 16 heavy (non-hydrogen) atoms. The largest absolute Gasteiger partial charge is 0.290 e. The third kappa shape index (κ3) is 0.817. The topological polar surface area (TPSA) is 34.1 Å². The zero-order valence-electron chi connectivity index (χ0n) is 9.86. The highest BCUT2D eigenvalue weighted by Crippen LogP contribution is 2.61. The van der Waals surface area contributed by atoms with Crippen LogP contribution >= 0.6 is 0 Å². The van der Waals surface area contributed by atoms with Gasteiger partial charge in [0.05, 0.1) is 11.3 Å². The van der Waals surface area contributed by atoms with E-state index in [1.807, 2.05) is 12.2 Å². The van der Waals surface area contributed by atoms with Crippen molar-refractivity contribution in [1.29, 1.82) is 0 Å². The van der Waals surface area contributed by atoms with Gasteiger partial charge < -0.3 is 0 Å². The van der Waals surface area contributed by atoms with Crippen LogP contribution in [-0.2, 0) is 9.59 Å². The molecule has 0 aromatic carbocycles. The van der Waals surface area contributed by atoms with Crippen molar-refractivity contribution in [3.05, 3.63) is 24.3 Å². The molecule has 2 nitrogen and oxygen atoms in total. The Bertz CT molecular complexity index is 450. The van der Waals surface area contributed by atoms with Crippen LogP contribution in [0.5, 0.6) is 0 Å². The summed E-state index contributed by atoms with van der Waals surface area (Å²) in [5, 5.41) is 0. The predicted octanol–water partition coefficient (Wildman–Crippen LogP) is 2.16. The highest BCUT2D eigenvalue weighted by molar-refractivity contribution is 6.42. The summed E-state index contributed by atoms with van der Waals surface area (Å²) < 4.78 is 0. The minimum atomic E-state index is -0.585. The van der Waals surface area contributed by atoms with Crippen LogP contribution in [0.15, 0.2) is 24.3 Å². The van der Waals surface area contributed by atoms with Gasteiger partial charge in [-0.05, 0) is 11.3 Å². The second-order valence-corrected chi connectivity index (χ2v) is 6.19. The van der Waals surface area contributed by atoms with Crippen LogP contribution in [0.25, 0.3) is 0 Å². The lowest BCUT2D eigenvalue weighted by molar-refractivity contribution is -0.157. The van der Waals surface area contributed by atoms with E-state index in [0.29, 0.717) is 0 Å². The molecule has 0 aromatic heterocycles. The molecule has 84 valence electrons. The van der Waals surface area contributed by atoms with Crippen molar-refractivity contribution in [2.75, 3.05) is 0 Å². The van der Waals surface area contributed by atoms with Gasteiger partial charge in [0.25, 0.3) is 0 Å². The maximum Gasteiger partial charge on any atom is 0.210 e. The van der Waals surface area contributed by atoms with Crippen LogP contribution in [-0.4, -0.2) is 11.6 Å². The first-order valence-electron chi connectivity index (χ1n) is 5.86. The van der Waals surface area contributed by atoms with E-state index >= 15 is 0 Å². The number of fused-ring (bicyclic) bond motifs is 1. The summed E-state index contributed by atoms with van der Waals surface area (Å²) in [7, 11) is 0. The number of carbonyl (C=O) groups is 2. The number of ketones is 2. The first-order chi connectivity index (χ1) is 7.39. The average molecular weight is 216 g/mol. The first-order valence-corrected chi connectivity index (χ1v) is 5.86. The molecule has 4 rings (SSSR count). The van der Waals surface area contributed by atoms with Crippen molar-refractivity contribution in [3.8, 4) is 0 Å². The van der Waals surface area contributed by atoms with Gasteiger partial charge in [0.1, 0.15) is 0 Å². The lowest BCUT2D eigenvalue weighted by Crippen LogP contribution is -2.63. The number of hydrogen-bond acceptors (Lipinski definition) is 2. The molecule has 0 heterocycles. The Labute approximate surface area is 95.4 Å². The molecular weight excluding hydrogens is 200 g/mol. The van der Waals surface area contributed by atoms with Gasteiger partial charge >= 0.3 is 0 Å². The zero-order chi connectivity index (χ0) is 11.7. The van der Waals surface area contributed by atoms with Crippen LogP contribution in [0.3, 0.4) is 0 Å². The summed E-state index contributed by atoms with van der Waals surface area (Å²) in [5.74, 6) is -0.00465. The minimum absolute atomic E-state index is 0.168. The summed E-state index contributed by atoms with van der Waals surface area (Å²) in [6.45, 7) is 6.16. The number of hydrogen-bond donors (Lipinski definition) is 0. The SMILES string of the molecule is CC(C)(C)[C@@]12C=C[C@@H](C(=O)C1=O)[C@@H]1C=C[C@H]12. The van der Waals surface area contributed by atoms with Crippen molar-refractivity contribution in [2.24, 2.45) is 28.6 Å². The summed E-state index contributed by atoms with van der Waals surface area (Å²) >= 11 is 0. The summed E-state index contributed by atoms with van der Waals surface area (Å²) in [4.78, 5) is 24.3. The van der Waals surface area contributed by atoms with Crippen molar-refractivity contribution < 1.29 is 9.59 Å². The van der Waals surface area contributed by atoms with Gasteiger partial charge in [-0.15, -0.1) is 0 Å². The van der Waals surface area contributed by atoms with Crippen LogP contribution in [0.1, 0.15) is 20.8 Å². The minimum Gasteiger partial charge on any atom is -0.290 e. The fourth-order valence-electron chi connectivity index (χ4n) is 3.58. The Morgan fingerprint density at radius 3 is 2.31 bits per heavy atom. The van der Waals surface area contributed by atoms with E-state index in [1.54, 1.807) is 0 Å². The van der Waals surface area contributed by atoms with Crippen LogP contribution < -0.4 is 0 Å². The molecule has 4 aliphatic rings. The molecule has 0 spiro atoms. The highest BCUT2D eigenvalue weighted by atomic mass is 16.2. The Kier molecular flexibility index (Phi) is 1.60. The Hall–Kier alpha value is -1.18. The van der Waals surface area contributed by atoms with Crippen molar-refractivity contribution in [3.63, 3.8) is 0 Å². The molecule has 0 aromatic rings. The number of carbonyl (C=O) groups excluding carboxylic acids is 2. The molecule has 0 saturated heterocycles. The van der Waals surface area contributed by atoms with Crippen molar-refractivity contribution >= 4 is 11.6 Å².